The number of benzene rings is 1. The van der Waals surface area contributed by atoms with E-state index in [2.05, 4.69) is 9.97 Å². The van der Waals surface area contributed by atoms with Crippen LogP contribution in [0.4, 0.5) is 8.78 Å². The number of hydrogen-bond acceptors (Lipinski definition) is 6. The van der Waals surface area contributed by atoms with Crippen LogP contribution < -0.4 is 10.5 Å². The minimum absolute atomic E-state index is 0.0280. The van der Waals surface area contributed by atoms with Crippen LogP contribution >= 0.6 is 11.8 Å². The molecule has 0 radical (unpaired) electrons. The molecule has 2 atom stereocenters. The van der Waals surface area contributed by atoms with E-state index in [9.17, 15) is 4.39 Å². The predicted octanol–water partition coefficient (Wildman–Crippen LogP) is 4.10. The second-order valence-electron chi connectivity index (χ2n) is 7.77. The smallest absolute Gasteiger partial charge is 0.216 e. The highest BCUT2D eigenvalue weighted by Gasteiger charge is 2.49. The van der Waals surface area contributed by atoms with Gasteiger partial charge in [0.25, 0.3) is 0 Å². The van der Waals surface area contributed by atoms with Gasteiger partial charge in [0.15, 0.2) is 5.17 Å². The highest BCUT2D eigenvalue weighted by Crippen LogP contribution is 2.51. The van der Waals surface area contributed by atoms with Crippen LogP contribution in [0.1, 0.15) is 16.7 Å². The van der Waals surface area contributed by atoms with Crippen LogP contribution in [-0.4, -0.2) is 28.0 Å². The quantitative estimate of drug-likeness (QED) is 0.667. The largest absolute Gasteiger partial charge is 0.481 e. The number of pyridine rings is 2. The molecule has 8 heteroatoms. The zero-order valence-electron chi connectivity index (χ0n) is 16.8. The van der Waals surface area contributed by atoms with Gasteiger partial charge in [-0.05, 0) is 24.1 Å². The van der Waals surface area contributed by atoms with Crippen LogP contribution in [0.2, 0.25) is 0 Å². The van der Waals surface area contributed by atoms with E-state index in [-0.39, 0.29) is 5.92 Å². The van der Waals surface area contributed by atoms with Crippen molar-refractivity contribution in [1.29, 1.82) is 0 Å². The van der Waals surface area contributed by atoms with Crippen molar-refractivity contribution in [1.82, 2.24) is 9.97 Å². The molecule has 0 saturated heterocycles. The minimum atomic E-state index is -0.942. The Morgan fingerprint density at radius 3 is 2.81 bits per heavy atom. The molecule has 2 aliphatic rings. The zero-order chi connectivity index (χ0) is 21.6. The molecule has 158 valence electrons. The summed E-state index contributed by atoms with van der Waals surface area (Å²) in [6.45, 7) is 0. The average Bonchev–Trinajstić information content (AvgIpc) is 2.77. The van der Waals surface area contributed by atoms with Crippen molar-refractivity contribution < 1.29 is 13.5 Å². The van der Waals surface area contributed by atoms with Crippen molar-refractivity contribution in [3.8, 4) is 17.0 Å². The Morgan fingerprint density at radius 1 is 1.19 bits per heavy atom. The number of methoxy groups -OCH3 is 1. The Balaban J connectivity index is 1.74. The normalized spacial score (nSPS) is 22.3. The summed E-state index contributed by atoms with van der Waals surface area (Å²) in [6.07, 6.45) is 6.33. The average molecular weight is 439 g/mol. The Labute approximate surface area is 182 Å². The number of nitrogens with two attached hydrogens (primary N) is 1. The van der Waals surface area contributed by atoms with Crippen LogP contribution in [0.3, 0.4) is 0 Å². The molecule has 3 heterocycles. The van der Waals surface area contributed by atoms with Crippen LogP contribution in [0.15, 0.2) is 53.9 Å². The third-order valence-corrected chi connectivity index (χ3v) is 7.09. The summed E-state index contributed by atoms with van der Waals surface area (Å²) in [5, 5.41) is 0.402. The molecular weight excluding hydrogens is 418 g/mol. The third-order valence-electron chi connectivity index (χ3n) is 6.14. The number of ether oxygens (including phenoxy) is 1. The lowest BCUT2D eigenvalue weighted by Gasteiger charge is -2.45. The van der Waals surface area contributed by atoms with E-state index in [0.717, 1.165) is 28.3 Å². The minimum Gasteiger partial charge on any atom is -0.481 e. The van der Waals surface area contributed by atoms with E-state index in [1.165, 1.54) is 23.9 Å². The number of aromatic nitrogens is 2. The Hall–Kier alpha value is -3.00. The second-order valence-corrected chi connectivity index (χ2v) is 8.81. The zero-order valence-corrected chi connectivity index (χ0v) is 17.6. The number of rotatable bonds is 3. The Morgan fingerprint density at radius 2 is 2.06 bits per heavy atom. The Bertz CT molecular complexity index is 1190. The molecule has 1 aliphatic heterocycles. The van der Waals surface area contributed by atoms with Gasteiger partial charge in [-0.3, -0.25) is 9.98 Å². The van der Waals surface area contributed by atoms with Gasteiger partial charge in [0.1, 0.15) is 11.6 Å². The van der Waals surface area contributed by atoms with Crippen molar-refractivity contribution in [2.24, 2.45) is 16.6 Å². The van der Waals surface area contributed by atoms with Gasteiger partial charge >= 0.3 is 0 Å². The monoisotopic (exact) mass is 438 g/mol. The van der Waals surface area contributed by atoms with Gasteiger partial charge in [-0.2, -0.15) is 0 Å². The lowest BCUT2D eigenvalue weighted by molar-refractivity contribution is 0.262. The lowest BCUT2D eigenvalue weighted by Crippen LogP contribution is -2.46. The summed E-state index contributed by atoms with van der Waals surface area (Å²) in [6, 6.07) is 7.54. The van der Waals surface area contributed by atoms with Gasteiger partial charge in [0.05, 0.1) is 12.6 Å². The maximum atomic E-state index is 15.0. The molecule has 5 nitrogen and oxygen atoms in total. The third kappa shape index (κ3) is 3.26. The molecule has 5 rings (SSSR count). The molecule has 0 spiro atoms. The molecule has 0 amide bonds. The molecule has 0 saturated carbocycles. The van der Waals surface area contributed by atoms with Crippen LogP contribution in [0.5, 0.6) is 5.88 Å². The molecule has 3 aromatic rings. The number of nitrogens with zero attached hydrogens (tertiary/aromatic N) is 3. The fraction of sp³-hybridized carbons (Fsp3) is 0.261. The second kappa shape index (κ2) is 7.60. The van der Waals surface area contributed by atoms with E-state index in [1.807, 2.05) is 12.1 Å². The highest BCUT2D eigenvalue weighted by atomic mass is 32.2. The Kier molecular flexibility index (Phi) is 4.89. The fourth-order valence-electron chi connectivity index (χ4n) is 4.72. The molecular formula is C23H20F2N4OS. The van der Waals surface area contributed by atoms with E-state index in [4.69, 9.17) is 15.5 Å². The van der Waals surface area contributed by atoms with Gasteiger partial charge in [-0.15, -0.1) is 0 Å². The van der Waals surface area contributed by atoms with Crippen LogP contribution in [-0.2, 0) is 18.4 Å². The maximum Gasteiger partial charge on any atom is 0.216 e. The number of thioether (sulfide) groups is 1. The molecule has 1 aromatic carbocycles. The molecule has 2 aromatic heterocycles. The summed E-state index contributed by atoms with van der Waals surface area (Å²) in [5.41, 5.74) is 9.42. The molecule has 31 heavy (non-hydrogen) atoms. The molecule has 2 N–H and O–H groups in total. The van der Waals surface area contributed by atoms with E-state index >= 15 is 4.39 Å². The van der Waals surface area contributed by atoms with E-state index in [0.29, 0.717) is 35.2 Å². The number of halogens is 2. The maximum absolute atomic E-state index is 15.0. The topological polar surface area (TPSA) is 73.4 Å². The predicted molar refractivity (Wildman–Crippen MR) is 117 cm³/mol. The van der Waals surface area contributed by atoms with Crippen molar-refractivity contribution in [2.45, 2.75) is 18.4 Å². The summed E-state index contributed by atoms with van der Waals surface area (Å²) >= 11 is 1.46. The first-order valence-electron chi connectivity index (χ1n) is 9.90. The standard InChI is InChI=1S/C23H20F2N4OS/c1-30-21-17-9-23(19-5-4-15(24)8-20(19)25)14(12-31-22(26)29-23)7-16(17)18(11-28-21)13-3-2-6-27-10-13/h2-6,8,10-11,14H,7,9,12H2,1H3,(H2,26,29)/t14-,23-/m0/s1. The van der Waals surface area contributed by atoms with Crippen molar-refractivity contribution in [3.05, 3.63) is 77.2 Å². The van der Waals surface area contributed by atoms with Gasteiger partial charge in [-0.1, -0.05) is 23.9 Å². The summed E-state index contributed by atoms with van der Waals surface area (Å²) < 4.78 is 34.3. The van der Waals surface area contributed by atoms with Gasteiger partial charge in [0.2, 0.25) is 5.88 Å². The van der Waals surface area contributed by atoms with Gasteiger partial charge in [-0.25, -0.2) is 13.8 Å². The number of aliphatic imine (C=N–C) groups is 1. The van der Waals surface area contributed by atoms with E-state index < -0.39 is 17.2 Å². The first kappa shape index (κ1) is 19.9. The fourth-order valence-corrected chi connectivity index (χ4v) is 5.71. The van der Waals surface area contributed by atoms with Gasteiger partial charge < -0.3 is 10.5 Å². The van der Waals surface area contributed by atoms with Gasteiger partial charge in [0, 0.05) is 65.0 Å². The molecule has 1 aliphatic carbocycles. The van der Waals surface area contributed by atoms with Crippen molar-refractivity contribution in [2.75, 3.05) is 12.9 Å². The summed E-state index contributed by atoms with van der Waals surface area (Å²) in [7, 11) is 1.57. The molecule has 0 unspecified atom stereocenters. The van der Waals surface area contributed by atoms with Crippen LogP contribution in [0.25, 0.3) is 11.1 Å². The lowest BCUT2D eigenvalue weighted by atomic mass is 9.66. The van der Waals surface area contributed by atoms with Crippen LogP contribution in [0, 0.1) is 17.6 Å². The highest BCUT2D eigenvalue weighted by molar-refractivity contribution is 8.13. The summed E-state index contributed by atoms with van der Waals surface area (Å²) in [4.78, 5) is 13.5. The SMILES string of the molecule is COc1ncc(-c2cccnc2)c2c1C[C@]1(c3ccc(F)cc3F)N=C(N)SC[C@@H]1C2. The summed E-state index contributed by atoms with van der Waals surface area (Å²) in [5.74, 6) is -0.101. The molecule has 0 bridgehead atoms. The first-order valence-corrected chi connectivity index (χ1v) is 10.9. The number of hydrogen-bond donors (Lipinski definition) is 1. The van der Waals surface area contributed by atoms with E-state index in [1.54, 1.807) is 25.7 Å². The number of fused-ring (bicyclic) bond motifs is 2. The first-order chi connectivity index (χ1) is 15.0. The van der Waals surface area contributed by atoms with Crippen molar-refractivity contribution in [3.63, 3.8) is 0 Å². The molecule has 0 fully saturated rings. The van der Waals surface area contributed by atoms with Crippen molar-refractivity contribution >= 4 is 16.9 Å². The number of amidine groups is 1.